The van der Waals surface area contributed by atoms with Gasteiger partial charge in [-0.1, -0.05) is 12.1 Å². The van der Waals surface area contributed by atoms with Crippen molar-refractivity contribution in [2.75, 3.05) is 5.32 Å². The number of nitrogens with one attached hydrogen (secondary N) is 1. The van der Waals surface area contributed by atoms with Crippen LogP contribution in [0.3, 0.4) is 0 Å². The predicted molar refractivity (Wildman–Crippen MR) is 80.9 cm³/mol. The minimum Gasteiger partial charge on any atom is -0.508 e. The molecule has 2 aromatic rings. The molecule has 0 saturated carbocycles. The van der Waals surface area contributed by atoms with E-state index in [1.54, 1.807) is 24.3 Å². The quantitative estimate of drug-likeness (QED) is 0.761. The largest absolute Gasteiger partial charge is 0.508 e. The average Bonchev–Trinajstić information content (AvgIpc) is 2.49. The number of aryl methyl sites for hydroxylation is 1. The Balaban J connectivity index is 1.86. The summed E-state index contributed by atoms with van der Waals surface area (Å²) in [4.78, 5) is 26.7. The first-order valence-corrected chi connectivity index (χ1v) is 6.81. The van der Waals surface area contributed by atoms with Gasteiger partial charge in [-0.15, -0.1) is 0 Å². The molecule has 0 aliphatic carbocycles. The van der Waals surface area contributed by atoms with Crippen molar-refractivity contribution in [1.29, 1.82) is 0 Å². The van der Waals surface area contributed by atoms with E-state index in [0.29, 0.717) is 12.8 Å². The number of carbonyl (C=O) groups is 2. The third-order valence-electron chi connectivity index (χ3n) is 3.13. The van der Waals surface area contributed by atoms with Gasteiger partial charge in [0.15, 0.2) is 0 Å². The van der Waals surface area contributed by atoms with Crippen LogP contribution in [-0.2, 0) is 11.2 Å². The second kappa shape index (κ2) is 7.21. The van der Waals surface area contributed by atoms with E-state index in [1.807, 2.05) is 0 Å². The van der Waals surface area contributed by atoms with Crippen molar-refractivity contribution in [1.82, 2.24) is 4.98 Å². The van der Waals surface area contributed by atoms with Gasteiger partial charge >= 0.3 is 5.97 Å². The molecule has 3 N–H and O–H groups in total. The molecule has 0 aliphatic rings. The van der Waals surface area contributed by atoms with E-state index in [-0.39, 0.29) is 29.3 Å². The number of rotatable bonds is 6. The number of amides is 1. The van der Waals surface area contributed by atoms with Crippen molar-refractivity contribution in [3.8, 4) is 5.75 Å². The minimum absolute atomic E-state index is 0.0156. The summed E-state index contributed by atoms with van der Waals surface area (Å²) >= 11 is 0. The van der Waals surface area contributed by atoms with E-state index in [9.17, 15) is 14.7 Å². The normalized spacial score (nSPS) is 10.2. The first-order valence-electron chi connectivity index (χ1n) is 6.81. The Morgan fingerprint density at radius 3 is 2.55 bits per heavy atom. The van der Waals surface area contributed by atoms with Crippen LogP contribution in [-0.4, -0.2) is 27.1 Å². The van der Waals surface area contributed by atoms with Crippen LogP contribution in [0.25, 0.3) is 0 Å². The number of hydrogen-bond acceptors (Lipinski definition) is 4. The molecule has 1 amide bonds. The highest BCUT2D eigenvalue weighted by molar-refractivity contribution is 6.00. The number of aromatic carboxylic acids is 1. The van der Waals surface area contributed by atoms with Crippen LogP contribution in [0, 0.1) is 0 Å². The molecule has 22 heavy (non-hydrogen) atoms. The molecule has 0 radical (unpaired) electrons. The summed E-state index contributed by atoms with van der Waals surface area (Å²) in [6, 6.07) is 8.15. The standard InChI is InChI=1S/C16H16N2O4/c19-12-6-4-11(5-7-12)2-1-3-15(20)18-14-10-17-9-8-13(14)16(21)22/h4-10,19H,1-3H2,(H,18,20)(H,21,22). The molecular weight excluding hydrogens is 284 g/mol. The molecule has 6 heteroatoms. The number of aromatic nitrogens is 1. The summed E-state index contributed by atoms with van der Waals surface area (Å²) in [6.45, 7) is 0. The van der Waals surface area contributed by atoms with Crippen LogP contribution in [0.4, 0.5) is 5.69 Å². The zero-order valence-electron chi connectivity index (χ0n) is 11.8. The summed E-state index contributed by atoms with van der Waals surface area (Å²) in [6.07, 6.45) is 4.28. The second-order valence-corrected chi connectivity index (χ2v) is 4.79. The van der Waals surface area contributed by atoms with E-state index >= 15 is 0 Å². The van der Waals surface area contributed by atoms with E-state index in [4.69, 9.17) is 5.11 Å². The van der Waals surface area contributed by atoms with Gasteiger partial charge in [-0.05, 0) is 36.6 Å². The highest BCUT2D eigenvalue weighted by atomic mass is 16.4. The maximum absolute atomic E-state index is 11.9. The van der Waals surface area contributed by atoms with Gasteiger partial charge in [0.2, 0.25) is 5.91 Å². The molecule has 0 unspecified atom stereocenters. The number of carboxylic acid groups (broad SMARTS) is 1. The number of carboxylic acids is 1. The first kappa shape index (κ1) is 15.5. The fourth-order valence-electron chi connectivity index (χ4n) is 2.01. The minimum atomic E-state index is -1.11. The summed E-state index contributed by atoms with van der Waals surface area (Å²) in [5.74, 6) is -1.16. The third kappa shape index (κ3) is 4.31. The van der Waals surface area contributed by atoms with Gasteiger partial charge < -0.3 is 15.5 Å². The molecule has 0 atom stereocenters. The lowest BCUT2D eigenvalue weighted by Crippen LogP contribution is -2.14. The Morgan fingerprint density at radius 1 is 1.14 bits per heavy atom. The van der Waals surface area contributed by atoms with E-state index < -0.39 is 5.97 Å². The van der Waals surface area contributed by atoms with Gasteiger partial charge in [-0.3, -0.25) is 9.78 Å². The lowest BCUT2D eigenvalue weighted by Gasteiger charge is -2.07. The Labute approximate surface area is 127 Å². The van der Waals surface area contributed by atoms with Gasteiger partial charge in [0.1, 0.15) is 5.75 Å². The van der Waals surface area contributed by atoms with E-state index in [1.165, 1.54) is 18.5 Å². The monoisotopic (exact) mass is 300 g/mol. The van der Waals surface area contributed by atoms with Crippen molar-refractivity contribution in [2.45, 2.75) is 19.3 Å². The number of carbonyl (C=O) groups excluding carboxylic acids is 1. The number of phenols is 1. The van der Waals surface area contributed by atoms with Crippen molar-refractivity contribution in [3.63, 3.8) is 0 Å². The van der Waals surface area contributed by atoms with Crippen molar-refractivity contribution >= 4 is 17.6 Å². The average molecular weight is 300 g/mol. The van der Waals surface area contributed by atoms with Gasteiger partial charge in [0.25, 0.3) is 0 Å². The number of pyridine rings is 1. The molecule has 0 aliphatic heterocycles. The Morgan fingerprint density at radius 2 is 1.86 bits per heavy atom. The lowest BCUT2D eigenvalue weighted by molar-refractivity contribution is -0.116. The maximum Gasteiger partial charge on any atom is 0.337 e. The van der Waals surface area contributed by atoms with Crippen LogP contribution in [0.5, 0.6) is 5.75 Å². The van der Waals surface area contributed by atoms with Crippen LogP contribution in [0.15, 0.2) is 42.7 Å². The number of benzene rings is 1. The Bertz CT molecular complexity index is 668. The molecule has 114 valence electrons. The number of anilines is 1. The Hall–Kier alpha value is -2.89. The number of nitrogens with zero attached hydrogens (tertiary/aromatic N) is 1. The van der Waals surface area contributed by atoms with Crippen LogP contribution in [0.2, 0.25) is 0 Å². The smallest absolute Gasteiger partial charge is 0.337 e. The number of hydrogen-bond donors (Lipinski definition) is 3. The van der Waals surface area contributed by atoms with Crippen LogP contribution >= 0.6 is 0 Å². The SMILES string of the molecule is O=C(CCCc1ccc(O)cc1)Nc1cnccc1C(=O)O. The van der Waals surface area contributed by atoms with Gasteiger partial charge in [0, 0.05) is 12.6 Å². The van der Waals surface area contributed by atoms with Gasteiger partial charge in [-0.2, -0.15) is 0 Å². The van der Waals surface area contributed by atoms with Crippen molar-refractivity contribution < 1.29 is 19.8 Å². The number of aromatic hydroxyl groups is 1. The highest BCUT2D eigenvalue weighted by Gasteiger charge is 2.12. The second-order valence-electron chi connectivity index (χ2n) is 4.79. The zero-order valence-corrected chi connectivity index (χ0v) is 11.8. The van der Waals surface area contributed by atoms with Gasteiger partial charge in [-0.25, -0.2) is 4.79 Å². The molecule has 1 aromatic heterocycles. The number of phenolic OH excluding ortho intramolecular Hbond substituents is 1. The zero-order chi connectivity index (χ0) is 15.9. The molecule has 0 spiro atoms. The predicted octanol–water partition coefficient (Wildman–Crippen LogP) is 2.45. The molecule has 0 fully saturated rings. The van der Waals surface area contributed by atoms with Crippen LogP contribution in [0.1, 0.15) is 28.8 Å². The molecule has 0 saturated heterocycles. The van der Waals surface area contributed by atoms with Crippen molar-refractivity contribution in [2.24, 2.45) is 0 Å². The topological polar surface area (TPSA) is 99.5 Å². The van der Waals surface area contributed by atoms with E-state index in [0.717, 1.165) is 5.56 Å². The summed E-state index contributed by atoms with van der Waals surface area (Å²) in [7, 11) is 0. The molecular formula is C16H16N2O4. The highest BCUT2D eigenvalue weighted by Crippen LogP contribution is 2.15. The lowest BCUT2D eigenvalue weighted by atomic mass is 10.1. The fraction of sp³-hybridized carbons (Fsp3) is 0.188. The fourth-order valence-corrected chi connectivity index (χ4v) is 2.01. The van der Waals surface area contributed by atoms with Crippen molar-refractivity contribution in [3.05, 3.63) is 53.9 Å². The maximum atomic E-state index is 11.9. The Kier molecular flexibility index (Phi) is 5.08. The molecule has 0 bridgehead atoms. The van der Waals surface area contributed by atoms with Gasteiger partial charge in [0.05, 0.1) is 17.4 Å². The summed E-state index contributed by atoms with van der Waals surface area (Å²) in [5.41, 5.74) is 1.24. The molecule has 1 heterocycles. The third-order valence-corrected chi connectivity index (χ3v) is 3.13. The molecule has 2 rings (SSSR count). The summed E-state index contributed by atoms with van der Waals surface area (Å²) < 4.78 is 0. The summed E-state index contributed by atoms with van der Waals surface area (Å²) in [5, 5.41) is 20.8. The molecule has 1 aromatic carbocycles. The molecule has 6 nitrogen and oxygen atoms in total. The van der Waals surface area contributed by atoms with E-state index in [2.05, 4.69) is 10.3 Å². The van der Waals surface area contributed by atoms with Crippen LogP contribution < -0.4 is 5.32 Å². The first-order chi connectivity index (χ1) is 10.6.